The van der Waals surface area contributed by atoms with Crippen molar-refractivity contribution in [2.75, 3.05) is 20.3 Å². The van der Waals surface area contributed by atoms with Crippen LogP contribution in [-0.4, -0.2) is 39.9 Å². The third-order valence-electron chi connectivity index (χ3n) is 4.76. The van der Waals surface area contributed by atoms with E-state index >= 15 is 0 Å². The minimum atomic E-state index is -1.70. The number of hydrogen-bond donors (Lipinski definition) is 1. The molecule has 1 atom stereocenters. The molecular weight excluding hydrogens is 344 g/mol. The summed E-state index contributed by atoms with van der Waals surface area (Å²) >= 11 is 0. The van der Waals surface area contributed by atoms with Crippen LogP contribution < -0.4 is 4.74 Å². The van der Waals surface area contributed by atoms with Gasteiger partial charge in [0.1, 0.15) is 18.5 Å². The summed E-state index contributed by atoms with van der Waals surface area (Å²) in [6.45, 7) is 12.6. The average molecular weight is 379 g/mol. The van der Waals surface area contributed by atoms with Gasteiger partial charge in [0.05, 0.1) is 13.7 Å². The standard InChI is InChI=1S/C21H34O4Si/c1-21(2,3)26(5,6)25-16-8-10-19(22)9-7-15-24-17-18-11-13-20(23-4)14-12-18/h11-14,19,22H,8,10,15-17H2,1-6H3. The van der Waals surface area contributed by atoms with Gasteiger partial charge in [-0.3, -0.25) is 0 Å². The molecule has 1 unspecified atom stereocenters. The summed E-state index contributed by atoms with van der Waals surface area (Å²) in [6.07, 6.45) is 0.817. The van der Waals surface area contributed by atoms with E-state index in [1.165, 1.54) is 0 Å². The molecule has 0 heterocycles. The van der Waals surface area contributed by atoms with E-state index in [0.717, 1.165) is 17.7 Å². The molecule has 0 bridgehead atoms. The predicted octanol–water partition coefficient (Wildman–Crippen LogP) is 4.38. The molecule has 1 rings (SSSR count). The van der Waals surface area contributed by atoms with E-state index in [-0.39, 0.29) is 5.04 Å². The molecule has 0 aliphatic heterocycles. The molecule has 1 aromatic rings. The molecule has 4 nitrogen and oxygen atoms in total. The van der Waals surface area contributed by atoms with Crippen LogP contribution in [0.3, 0.4) is 0 Å². The normalized spacial score (nSPS) is 13.0. The first-order valence-electron chi connectivity index (χ1n) is 9.17. The van der Waals surface area contributed by atoms with E-state index in [2.05, 4.69) is 45.7 Å². The summed E-state index contributed by atoms with van der Waals surface area (Å²) in [5.41, 5.74) is 1.07. The molecule has 0 spiro atoms. The van der Waals surface area contributed by atoms with Crippen LogP contribution in [0.5, 0.6) is 5.75 Å². The second-order valence-corrected chi connectivity index (χ2v) is 12.7. The van der Waals surface area contributed by atoms with Crippen molar-refractivity contribution in [2.24, 2.45) is 0 Å². The van der Waals surface area contributed by atoms with Crippen LogP contribution in [0.4, 0.5) is 0 Å². The fraction of sp³-hybridized carbons (Fsp3) is 0.619. The Hall–Kier alpha value is -1.32. The SMILES string of the molecule is COc1ccc(COCC#CC(O)CCCO[Si](C)(C)C(C)(C)C)cc1. The molecular formula is C21H34O4Si. The van der Waals surface area contributed by atoms with Crippen LogP contribution in [0.25, 0.3) is 0 Å². The summed E-state index contributed by atoms with van der Waals surface area (Å²) in [6, 6.07) is 7.73. The third-order valence-corrected chi connectivity index (χ3v) is 9.30. The van der Waals surface area contributed by atoms with Crippen LogP contribution in [0.2, 0.25) is 18.1 Å². The monoisotopic (exact) mass is 378 g/mol. The fourth-order valence-electron chi connectivity index (χ4n) is 1.99. The van der Waals surface area contributed by atoms with E-state index in [1.807, 2.05) is 24.3 Å². The maximum Gasteiger partial charge on any atom is 0.191 e. The Labute approximate surface area is 160 Å². The summed E-state index contributed by atoms with van der Waals surface area (Å²) in [7, 11) is -0.0522. The van der Waals surface area contributed by atoms with Crippen molar-refractivity contribution < 1.29 is 19.0 Å². The highest BCUT2D eigenvalue weighted by Crippen LogP contribution is 2.36. The van der Waals surface area contributed by atoms with Crippen molar-refractivity contribution >= 4 is 8.32 Å². The zero-order chi connectivity index (χ0) is 19.6. The number of ether oxygens (including phenoxy) is 2. The fourth-order valence-corrected chi connectivity index (χ4v) is 3.08. The summed E-state index contributed by atoms with van der Waals surface area (Å²) in [5, 5.41) is 10.1. The molecule has 0 fully saturated rings. The first kappa shape index (κ1) is 22.7. The topological polar surface area (TPSA) is 47.9 Å². The molecule has 0 radical (unpaired) electrons. The largest absolute Gasteiger partial charge is 0.497 e. The zero-order valence-corrected chi connectivity index (χ0v) is 18.1. The number of benzene rings is 1. The van der Waals surface area contributed by atoms with E-state index in [0.29, 0.717) is 26.2 Å². The maximum atomic E-state index is 9.93. The van der Waals surface area contributed by atoms with Gasteiger partial charge in [0.25, 0.3) is 0 Å². The van der Waals surface area contributed by atoms with Crippen LogP contribution in [0.1, 0.15) is 39.2 Å². The molecule has 0 aromatic heterocycles. The van der Waals surface area contributed by atoms with E-state index < -0.39 is 14.4 Å². The van der Waals surface area contributed by atoms with Gasteiger partial charge in [-0.2, -0.15) is 0 Å². The Morgan fingerprint density at radius 1 is 1.15 bits per heavy atom. The van der Waals surface area contributed by atoms with Gasteiger partial charge in [0.15, 0.2) is 8.32 Å². The third kappa shape index (κ3) is 8.37. The van der Waals surface area contributed by atoms with Crippen molar-refractivity contribution in [2.45, 2.75) is 64.5 Å². The molecule has 0 saturated carbocycles. The molecule has 1 aromatic carbocycles. The Morgan fingerprint density at radius 2 is 1.81 bits per heavy atom. The van der Waals surface area contributed by atoms with E-state index in [9.17, 15) is 5.11 Å². The number of aliphatic hydroxyl groups is 1. The minimum absolute atomic E-state index is 0.215. The number of methoxy groups -OCH3 is 1. The lowest BCUT2D eigenvalue weighted by molar-refractivity contribution is 0.152. The van der Waals surface area contributed by atoms with E-state index in [4.69, 9.17) is 13.9 Å². The highest BCUT2D eigenvalue weighted by Gasteiger charge is 2.36. The van der Waals surface area contributed by atoms with Crippen molar-refractivity contribution in [1.29, 1.82) is 0 Å². The number of hydrogen-bond acceptors (Lipinski definition) is 4. The zero-order valence-electron chi connectivity index (χ0n) is 17.1. The molecule has 26 heavy (non-hydrogen) atoms. The van der Waals surface area contributed by atoms with Gasteiger partial charge in [-0.15, -0.1) is 0 Å². The number of rotatable bonds is 9. The maximum absolute atomic E-state index is 9.93. The lowest BCUT2D eigenvalue weighted by Crippen LogP contribution is -2.41. The van der Waals surface area contributed by atoms with Crippen LogP contribution in [0, 0.1) is 11.8 Å². The van der Waals surface area contributed by atoms with Gasteiger partial charge in [-0.25, -0.2) is 0 Å². The van der Waals surface area contributed by atoms with Gasteiger partial charge in [-0.05, 0) is 48.7 Å². The van der Waals surface area contributed by atoms with Gasteiger partial charge < -0.3 is 19.0 Å². The lowest BCUT2D eigenvalue weighted by atomic mass is 10.2. The summed E-state index contributed by atoms with van der Waals surface area (Å²) < 4.78 is 16.7. The predicted molar refractivity (Wildman–Crippen MR) is 109 cm³/mol. The quantitative estimate of drug-likeness (QED) is 0.394. The Morgan fingerprint density at radius 3 is 2.38 bits per heavy atom. The van der Waals surface area contributed by atoms with Gasteiger partial charge in [-0.1, -0.05) is 44.7 Å². The highest BCUT2D eigenvalue weighted by molar-refractivity contribution is 6.74. The lowest BCUT2D eigenvalue weighted by Gasteiger charge is -2.36. The van der Waals surface area contributed by atoms with E-state index in [1.54, 1.807) is 7.11 Å². The minimum Gasteiger partial charge on any atom is -0.497 e. The second kappa shape index (κ2) is 10.7. The highest BCUT2D eigenvalue weighted by atomic mass is 28.4. The molecule has 0 aliphatic carbocycles. The summed E-state index contributed by atoms with van der Waals surface area (Å²) in [5.74, 6) is 6.54. The van der Waals surface area contributed by atoms with Gasteiger partial charge in [0, 0.05) is 6.61 Å². The van der Waals surface area contributed by atoms with Crippen LogP contribution in [-0.2, 0) is 15.8 Å². The van der Waals surface area contributed by atoms with Crippen molar-refractivity contribution in [3.63, 3.8) is 0 Å². The smallest absolute Gasteiger partial charge is 0.191 e. The van der Waals surface area contributed by atoms with Crippen LogP contribution in [0.15, 0.2) is 24.3 Å². The molecule has 0 aliphatic rings. The molecule has 0 saturated heterocycles. The first-order chi connectivity index (χ1) is 12.2. The Balaban J connectivity index is 2.19. The van der Waals surface area contributed by atoms with Crippen molar-refractivity contribution in [3.05, 3.63) is 29.8 Å². The molecule has 146 valence electrons. The molecule has 1 N–H and O–H groups in total. The van der Waals surface area contributed by atoms with Gasteiger partial charge in [0.2, 0.25) is 0 Å². The van der Waals surface area contributed by atoms with Crippen molar-refractivity contribution in [1.82, 2.24) is 0 Å². The second-order valence-electron chi connectivity index (χ2n) is 7.93. The van der Waals surface area contributed by atoms with Crippen LogP contribution >= 0.6 is 0 Å². The summed E-state index contributed by atoms with van der Waals surface area (Å²) in [4.78, 5) is 0. The molecule has 0 amide bonds. The Bertz CT molecular complexity index is 579. The first-order valence-corrected chi connectivity index (χ1v) is 12.1. The Kier molecular flexibility index (Phi) is 9.38. The molecule has 5 heteroatoms. The number of aliphatic hydroxyl groups excluding tert-OH is 1. The van der Waals surface area contributed by atoms with Gasteiger partial charge >= 0.3 is 0 Å². The van der Waals surface area contributed by atoms with Crippen molar-refractivity contribution in [3.8, 4) is 17.6 Å². The average Bonchev–Trinajstić information content (AvgIpc) is 2.58.